The highest BCUT2D eigenvalue weighted by Gasteiger charge is 2.32. The van der Waals surface area contributed by atoms with E-state index >= 15 is 0 Å². The molecule has 1 amide bonds. The van der Waals surface area contributed by atoms with Gasteiger partial charge in [0.15, 0.2) is 11.5 Å². The molecule has 0 N–H and O–H groups in total. The summed E-state index contributed by atoms with van der Waals surface area (Å²) >= 11 is 0. The van der Waals surface area contributed by atoms with Crippen LogP contribution >= 0.6 is 0 Å². The predicted octanol–water partition coefficient (Wildman–Crippen LogP) is 5.19. The summed E-state index contributed by atoms with van der Waals surface area (Å²) in [6.07, 6.45) is 7.85. The van der Waals surface area contributed by atoms with Crippen LogP contribution in [0.3, 0.4) is 0 Å². The lowest BCUT2D eigenvalue weighted by Gasteiger charge is -2.20. The van der Waals surface area contributed by atoms with Crippen LogP contribution in [-0.2, 0) is 4.79 Å². The predicted molar refractivity (Wildman–Crippen MR) is 118 cm³/mol. The molecule has 1 aliphatic heterocycles. The zero-order valence-corrected chi connectivity index (χ0v) is 17.8. The van der Waals surface area contributed by atoms with Crippen LogP contribution in [0.15, 0.2) is 42.5 Å². The summed E-state index contributed by atoms with van der Waals surface area (Å²) < 4.78 is 12.5. The van der Waals surface area contributed by atoms with Crippen LogP contribution in [0.25, 0.3) is 0 Å². The molecule has 5 nitrogen and oxygen atoms in total. The molecular formula is C26H28N2O3. The van der Waals surface area contributed by atoms with E-state index in [2.05, 4.69) is 18.2 Å². The van der Waals surface area contributed by atoms with Gasteiger partial charge in [0.1, 0.15) is 0 Å². The molecule has 2 aliphatic carbocycles. The maximum atomic E-state index is 12.8. The molecule has 5 heteroatoms. The van der Waals surface area contributed by atoms with Crippen LogP contribution in [0.5, 0.6) is 11.5 Å². The number of hydrogen-bond acceptors (Lipinski definition) is 4. The van der Waals surface area contributed by atoms with Crippen molar-refractivity contribution in [2.45, 2.75) is 57.0 Å². The summed E-state index contributed by atoms with van der Waals surface area (Å²) in [5, 5.41) is 9.18. The molecule has 1 heterocycles. The SMILES string of the molecule is N#Cc1cccc(N2C[C@H](c3ccc(OCC4CC4)c(OC4CCCC4)c3)CC2=O)c1. The fourth-order valence-corrected chi connectivity index (χ4v) is 4.59. The summed E-state index contributed by atoms with van der Waals surface area (Å²) in [4.78, 5) is 14.6. The number of nitrogens with zero attached hydrogens (tertiary/aromatic N) is 2. The van der Waals surface area contributed by atoms with Crippen LogP contribution in [0, 0.1) is 17.2 Å². The van der Waals surface area contributed by atoms with Crippen molar-refractivity contribution in [3.8, 4) is 17.6 Å². The number of anilines is 1. The monoisotopic (exact) mass is 416 g/mol. The van der Waals surface area contributed by atoms with Crippen molar-refractivity contribution in [3.05, 3.63) is 53.6 Å². The van der Waals surface area contributed by atoms with Gasteiger partial charge >= 0.3 is 0 Å². The number of carbonyl (C=O) groups excluding carboxylic acids is 1. The van der Waals surface area contributed by atoms with Gasteiger partial charge in [-0.15, -0.1) is 0 Å². The second kappa shape index (κ2) is 8.63. The van der Waals surface area contributed by atoms with Gasteiger partial charge in [0.25, 0.3) is 0 Å². The average molecular weight is 417 g/mol. The first-order valence-corrected chi connectivity index (χ1v) is 11.4. The topological polar surface area (TPSA) is 62.6 Å². The molecule has 2 aromatic rings. The van der Waals surface area contributed by atoms with Crippen molar-refractivity contribution >= 4 is 11.6 Å². The minimum absolute atomic E-state index is 0.0902. The minimum Gasteiger partial charge on any atom is -0.489 e. The maximum absolute atomic E-state index is 12.8. The van der Waals surface area contributed by atoms with Crippen molar-refractivity contribution in [2.75, 3.05) is 18.1 Å². The molecule has 3 aliphatic rings. The zero-order valence-electron chi connectivity index (χ0n) is 17.8. The molecular weight excluding hydrogens is 388 g/mol. The highest BCUT2D eigenvalue weighted by Crippen LogP contribution is 2.39. The third-order valence-corrected chi connectivity index (χ3v) is 6.62. The Hall–Kier alpha value is -3.00. The molecule has 0 spiro atoms. The highest BCUT2D eigenvalue weighted by molar-refractivity contribution is 5.96. The Morgan fingerprint density at radius 1 is 1.03 bits per heavy atom. The van der Waals surface area contributed by atoms with E-state index in [1.54, 1.807) is 17.0 Å². The van der Waals surface area contributed by atoms with Crippen LogP contribution in [0.2, 0.25) is 0 Å². The van der Waals surface area contributed by atoms with Crippen molar-refractivity contribution < 1.29 is 14.3 Å². The largest absolute Gasteiger partial charge is 0.489 e. The number of ether oxygens (including phenoxy) is 2. The molecule has 31 heavy (non-hydrogen) atoms. The standard InChI is InChI=1S/C26H28N2O3/c27-15-19-4-3-5-22(12-19)28-16-21(14-26(28)29)20-10-11-24(30-17-18-8-9-18)25(13-20)31-23-6-1-2-7-23/h3-5,10-13,18,21,23H,1-2,6-9,14,16-17H2/t21-/m1/s1. The fourth-order valence-electron chi connectivity index (χ4n) is 4.59. The van der Waals surface area contributed by atoms with Gasteiger partial charge in [-0.1, -0.05) is 12.1 Å². The van der Waals surface area contributed by atoms with Gasteiger partial charge in [-0.05, 0) is 80.3 Å². The number of benzene rings is 2. The van der Waals surface area contributed by atoms with Gasteiger partial charge in [0.05, 0.1) is 24.3 Å². The van der Waals surface area contributed by atoms with E-state index in [0.717, 1.165) is 42.2 Å². The van der Waals surface area contributed by atoms with E-state index in [4.69, 9.17) is 9.47 Å². The normalized spacial score (nSPS) is 21.3. The summed E-state index contributed by atoms with van der Waals surface area (Å²) in [6, 6.07) is 15.6. The summed E-state index contributed by atoms with van der Waals surface area (Å²) in [5.74, 6) is 2.52. The average Bonchev–Trinajstić information content (AvgIpc) is 3.33. The molecule has 1 atom stereocenters. The second-order valence-corrected chi connectivity index (χ2v) is 9.05. The molecule has 1 saturated heterocycles. The zero-order chi connectivity index (χ0) is 21.2. The Labute approximate surface area is 183 Å². The highest BCUT2D eigenvalue weighted by atomic mass is 16.5. The van der Waals surface area contributed by atoms with Crippen molar-refractivity contribution in [2.24, 2.45) is 5.92 Å². The lowest BCUT2D eigenvalue weighted by Crippen LogP contribution is -2.24. The first-order valence-electron chi connectivity index (χ1n) is 11.4. The lowest BCUT2D eigenvalue weighted by molar-refractivity contribution is -0.117. The van der Waals surface area contributed by atoms with Crippen molar-refractivity contribution in [1.82, 2.24) is 0 Å². The van der Waals surface area contributed by atoms with Crippen molar-refractivity contribution in [1.29, 1.82) is 5.26 Å². The van der Waals surface area contributed by atoms with Gasteiger partial charge in [0.2, 0.25) is 5.91 Å². The Balaban J connectivity index is 1.36. The van der Waals surface area contributed by atoms with Crippen LogP contribution in [0.4, 0.5) is 5.69 Å². The van der Waals surface area contributed by atoms with Crippen LogP contribution < -0.4 is 14.4 Å². The van der Waals surface area contributed by atoms with Gasteiger partial charge < -0.3 is 14.4 Å². The van der Waals surface area contributed by atoms with E-state index < -0.39 is 0 Å². The molecule has 0 unspecified atom stereocenters. The number of nitriles is 1. The smallest absolute Gasteiger partial charge is 0.227 e. The number of carbonyl (C=O) groups is 1. The Morgan fingerprint density at radius 2 is 1.87 bits per heavy atom. The Bertz CT molecular complexity index is 1000. The van der Waals surface area contributed by atoms with Gasteiger partial charge in [-0.3, -0.25) is 4.79 Å². The molecule has 160 valence electrons. The third kappa shape index (κ3) is 4.54. The molecule has 3 fully saturated rings. The molecule has 0 bridgehead atoms. The van der Waals surface area contributed by atoms with Crippen molar-refractivity contribution in [3.63, 3.8) is 0 Å². The number of hydrogen-bond donors (Lipinski definition) is 0. The van der Waals surface area contributed by atoms with E-state index in [9.17, 15) is 10.1 Å². The summed E-state index contributed by atoms with van der Waals surface area (Å²) in [7, 11) is 0. The van der Waals surface area contributed by atoms with E-state index in [1.165, 1.54) is 25.7 Å². The number of rotatable bonds is 7. The molecule has 2 aromatic carbocycles. The molecule has 5 rings (SSSR count). The van der Waals surface area contributed by atoms with E-state index in [0.29, 0.717) is 24.4 Å². The van der Waals surface area contributed by atoms with Gasteiger partial charge in [-0.25, -0.2) is 0 Å². The first-order chi connectivity index (χ1) is 15.2. The van der Waals surface area contributed by atoms with Crippen LogP contribution in [-0.4, -0.2) is 25.2 Å². The Morgan fingerprint density at radius 3 is 2.65 bits per heavy atom. The summed E-state index contributed by atoms with van der Waals surface area (Å²) in [5.41, 5.74) is 2.47. The lowest BCUT2D eigenvalue weighted by atomic mass is 9.98. The van der Waals surface area contributed by atoms with Gasteiger partial charge in [-0.2, -0.15) is 5.26 Å². The minimum atomic E-state index is 0.0902. The van der Waals surface area contributed by atoms with E-state index in [-0.39, 0.29) is 17.9 Å². The molecule has 0 radical (unpaired) electrons. The quantitative estimate of drug-likeness (QED) is 0.623. The van der Waals surface area contributed by atoms with Gasteiger partial charge in [0, 0.05) is 24.6 Å². The van der Waals surface area contributed by atoms with Crippen LogP contribution in [0.1, 0.15) is 62.0 Å². The first kappa shape index (κ1) is 19.9. The second-order valence-electron chi connectivity index (χ2n) is 9.05. The Kier molecular flexibility index (Phi) is 5.55. The third-order valence-electron chi connectivity index (χ3n) is 6.62. The number of amides is 1. The molecule has 0 aromatic heterocycles. The molecule has 2 saturated carbocycles. The van der Waals surface area contributed by atoms with E-state index in [1.807, 2.05) is 18.2 Å². The maximum Gasteiger partial charge on any atom is 0.227 e. The summed E-state index contributed by atoms with van der Waals surface area (Å²) in [6.45, 7) is 1.37. The fraction of sp³-hybridized carbons (Fsp3) is 0.462.